The fourth-order valence-corrected chi connectivity index (χ4v) is 3.18. The van der Waals surface area contributed by atoms with Gasteiger partial charge in [-0.15, -0.1) is 0 Å². The van der Waals surface area contributed by atoms with Crippen LogP contribution in [0.1, 0.15) is 18.4 Å². The highest BCUT2D eigenvalue weighted by Crippen LogP contribution is 2.18. The van der Waals surface area contributed by atoms with Crippen LogP contribution >= 0.6 is 0 Å². The molecule has 0 aromatic heterocycles. The molecular weight excluding hydrogens is 304 g/mol. The number of piperidine rings is 1. The number of likely N-dealkylation sites (tertiary alicyclic amines) is 1. The predicted molar refractivity (Wildman–Crippen MR) is 93.9 cm³/mol. The van der Waals surface area contributed by atoms with E-state index in [0.29, 0.717) is 19.0 Å². The van der Waals surface area contributed by atoms with Gasteiger partial charge in [0.25, 0.3) is 0 Å². The Labute approximate surface area is 143 Å². The first-order chi connectivity index (χ1) is 11.6. The third-order valence-corrected chi connectivity index (χ3v) is 4.78. The highest BCUT2D eigenvalue weighted by atomic mass is 16.2. The second kappa shape index (κ2) is 7.66. The summed E-state index contributed by atoms with van der Waals surface area (Å²) in [7, 11) is 0. The van der Waals surface area contributed by atoms with Gasteiger partial charge >= 0.3 is 6.03 Å². The summed E-state index contributed by atoms with van der Waals surface area (Å²) in [5.74, 6) is 0.531. The van der Waals surface area contributed by atoms with E-state index in [9.17, 15) is 9.59 Å². The smallest absolute Gasteiger partial charge is 0.321 e. The van der Waals surface area contributed by atoms with Gasteiger partial charge in [0.05, 0.1) is 5.92 Å². The Balaban J connectivity index is 1.50. The quantitative estimate of drug-likeness (QED) is 0.785. The van der Waals surface area contributed by atoms with Gasteiger partial charge in [0.15, 0.2) is 0 Å². The molecule has 3 rings (SSSR count). The first-order valence-electron chi connectivity index (χ1n) is 8.73. The molecule has 0 bridgehead atoms. The van der Waals surface area contributed by atoms with Crippen molar-refractivity contribution in [1.29, 1.82) is 0 Å². The molecule has 6 nitrogen and oxygen atoms in total. The Hall–Kier alpha value is -2.08. The predicted octanol–water partition coefficient (Wildman–Crippen LogP) is 1.57. The number of urea groups is 1. The molecule has 1 aromatic carbocycles. The van der Waals surface area contributed by atoms with Crippen LogP contribution < -0.4 is 16.0 Å². The van der Waals surface area contributed by atoms with E-state index < -0.39 is 0 Å². The van der Waals surface area contributed by atoms with Crippen LogP contribution in [0.4, 0.5) is 10.5 Å². The molecule has 1 aromatic rings. The van der Waals surface area contributed by atoms with Gasteiger partial charge in [-0.05, 0) is 37.5 Å². The average molecular weight is 330 g/mol. The minimum Gasteiger partial charge on any atom is -0.355 e. The summed E-state index contributed by atoms with van der Waals surface area (Å²) in [6.07, 6.45) is 1.72. The van der Waals surface area contributed by atoms with Crippen molar-refractivity contribution in [3.05, 3.63) is 29.8 Å². The minimum absolute atomic E-state index is 0.0787. The van der Waals surface area contributed by atoms with E-state index in [1.165, 1.54) is 0 Å². The fourth-order valence-electron chi connectivity index (χ4n) is 3.18. The number of hydrogen-bond acceptors (Lipinski definition) is 3. The molecular formula is C18H26N4O2. The Morgan fingerprint density at radius 3 is 2.88 bits per heavy atom. The number of nitrogens with one attached hydrogen (secondary N) is 3. The molecule has 3 amide bonds. The molecule has 0 spiro atoms. The lowest BCUT2D eigenvalue weighted by atomic mass is 9.96. The number of anilines is 1. The molecule has 24 heavy (non-hydrogen) atoms. The zero-order valence-corrected chi connectivity index (χ0v) is 14.2. The summed E-state index contributed by atoms with van der Waals surface area (Å²) >= 11 is 0. The minimum atomic E-state index is -0.124. The van der Waals surface area contributed by atoms with Crippen molar-refractivity contribution in [1.82, 2.24) is 15.5 Å². The van der Waals surface area contributed by atoms with Gasteiger partial charge in [0.2, 0.25) is 5.91 Å². The van der Waals surface area contributed by atoms with Crippen LogP contribution in [0.2, 0.25) is 0 Å². The Morgan fingerprint density at radius 1 is 1.33 bits per heavy atom. The lowest BCUT2D eigenvalue weighted by molar-refractivity contribution is -0.126. The van der Waals surface area contributed by atoms with Crippen LogP contribution in [0.15, 0.2) is 24.3 Å². The lowest BCUT2D eigenvalue weighted by Crippen LogP contribution is -2.51. The molecule has 130 valence electrons. The topological polar surface area (TPSA) is 73.5 Å². The van der Waals surface area contributed by atoms with Gasteiger partial charge in [-0.3, -0.25) is 4.79 Å². The largest absolute Gasteiger partial charge is 0.355 e. The van der Waals surface area contributed by atoms with E-state index in [1.807, 2.05) is 31.2 Å². The van der Waals surface area contributed by atoms with Crippen molar-refractivity contribution in [3.63, 3.8) is 0 Å². The van der Waals surface area contributed by atoms with Gasteiger partial charge in [-0.2, -0.15) is 0 Å². The molecule has 0 saturated carbocycles. The number of rotatable bonds is 4. The van der Waals surface area contributed by atoms with E-state index in [2.05, 4.69) is 16.0 Å². The van der Waals surface area contributed by atoms with Gasteiger partial charge in [-0.25, -0.2) is 4.79 Å². The molecule has 2 heterocycles. The maximum absolute atomic E-state index is 12.4. The van der Waals surface area contributed by atoms with Gasteiger partial charge < -0.3 is 20.9 Å². The summed E-state index contributed by atoms with van der Waals surface area (Å²) in [5, 5.41) is 9.16. The Kier molecular flexibility index (Phi) is 5.35. The van der Waals surface area contributed by atoms with Crippen LogP contribution in [0.5, 0.6) is 0 Å². The number of carbonyl (C=O) groups is 2. The van der Waals surface area contributed by atoms with Crippen LogP contribution in [-0.2, 0) is 4.79 Å². The average Bonchev–Trinajstić information content (AvgIpc) is 2.53. The van der Waals surface area contributed by atoms with E-state index in [1.54, 1.807) is 4.90 Å². The number of carbonyl (C=O) groups excluding carboxylic acids is 2. The Bertz CT molecular complexity index is 600. The van der Waals surface area contributed by atoms with Crippen molar-refractivity contribution < 1.29 is 9.59 Å². The first-order valence-corrected chi connectivity index (χ1v) is 8.73. The number of nitrogens with zero attached hydrogens (tertiary/aromatic N) is 1. The number of hydrogen-bond donors (Lipinski definition) is 3. The summed E-state index contributed by atoms with van der Waals surface area (Å²) in [6, 6.07) is 7.62. The molecule has 2 aliphatic heterocycles. The highest BCUT2D eigenvalue weighted by molar-refractivity contribution is 5.90. The molecule has 1 atom stereocenters. The van der Waals surface area contributed by atoms with Crippen LogP contribution in [-0.4, -0.2) is 49.6 Å². The van der Waals surface area contributed by atoms with Crippen molar-refractivity contribution in [2.24, 2.45) is 11.8 Å². The molecule has 3 N–H and O–H groups in total. The summed E-state index contributed by atoms with van der Waals surface area (Å²) in [6.45, 7) is 5.89. The maximum atomic E-state index is 12.4. The monoisotopic (exact) mass is 330 g/mol. The standard InChI is InChI=1S/C18H26N4O2/c1-13-4-2-6-16(8-13)21-18(24)22-7-3-5-15(12-22)17(23)20-11-14-9-19-10-14/h2,4,6,8,14-15,19H,3,5,7,9-12H2,1H3,(H,20,23)(H,21,24). The third-order valence-electron chi connectivity index (χ3n) is 4.78. The van der Waals surface area contributed by atoms with Crippen molar-refractivity contribution in [2.45, 2.75) is 19.8 Å². The van der Waals surface area contributed by atoms with Crippen LogP contribution in [0, 0.1) is 18.8 Å². The van der Waals surface area contributed by atoms with Crippen molar-refractivity contribution in [3.8, 4) is 0 Å². The number of benzene rings is 1. The normalized spacial score (nSPS) is 21.0. The number of aryl methyl sites for hydroxylation is 1. The molecule has 2 fully saturated rings. The molecule has 6 heteroatoms. The second-order valence-corrected chi connectivity index (χ2v) is 6.85. The molecule has 2 saturated heterocycles. The van der Waals surface area contributed by atoms with Crippen molar-refractivity contribution in [2.75, 3.05) is 38.0 Å². The summed E-state index contributed by atoms with van der Waals surface area (Å²) in [5.41, 5.74) is 1.90. The van der Waals surface area contributed by atoms with E-state index >= 15 is 0 Å². The molecule has 0 radical (unpaired) electrons. The molecule has 2 aliphatic rings. The third kappa shape index (κ3) is 4.26. The van der Waals surface area contributed by atoms with E-state index in [4.69, 9.17) is 0 Å². The van der Waals surface area contributed by atoms with Crippen LogP contribution in [0.3, 0.4) is 0 Å². The second-order valence-electron chi connectivity index (χ2n) is 6.85. The van der Waals surface area contributed by atoms with Gasteiger partial charge in [0, 0.05) is 44.3 Å². The lowest BCUT2D eigenvalue weighted by Gasteiger charge is -2.33. The zero-order chi connectivity index (χ0) is 16.9. The van der Waals surface area contributed by atoms with Crippen molar-refractivity contribution >= 4 is 17.6 Å². The summed E-state index contributed by atoms with van der Waals surface area (Å²) < 4.78 is 0. The highest BCUT2D eigenvalue weighted by Gasteiger charge is 2.29. The molecule has 0 aliphatic carbocycles. The maximum Gasteiger partial charge on any atom is 0.321 e. The SMILES string of the molecule is Cc1cccc(NC(=O)N2CCCC(C(=O)NCC3CNC3)C2)c1. The van der Waals surface area contributed by atoms with Gasteiger partial charge in [-0.1, -0.05) is 12.1 Å². The van der Waals surface area contributed by atoms with Gasteiger partial charge in [0.1, 0.15) is 0 Å². The van der Waals surface area contributed by atoms with Crippen LogP contribution in [0.25, 0.3) is 0 Å². The van der Waals surface area contributed by atoms with E-state index in [0.717, 1.165) is 43.7 Å². The molecule has 1 unspecified atom stereocenters. The number of amides is 3. The Morgan fingerprint density at radius 2 is 2.17 bits per heavy atom. The fraction of sp³-hybridized carbons (Fsp3) is 0.556. The zero-order valence-electron chi connectivity index (χ0n) is 14.2. The first kappa shape index (κ1) is 16.8. The van der Waals surface area contributed by atoms with E-state index in [-0.39, 0.29) is 17.9 Å². The summed E-state index contributed by atoms with van der Waals surface area (Å²) in [4.78, 5) is 26.5.